The molecule has 0 heterocycles. The van der Waals surface area contributed by atoms with E-state index in [-0.39, 0.29) is 6.04 Å². The molecule has 0 aliphatic heterocycles. The van der Waals surface area contributed by atoms with Gasteiger partial charge in [0.15, 0.2) is 0 Å². The van der Waals surface area contributed by atoms with Crippen molar-refractivity contribution in [1.82, 2.24) is 0 Å². The minimum absolute atomic E-state index is 0.117. The highest BCUT2D eigenvalue weighted by atomic mass is 16.1. The number of carbonyl (C=O) groups excluding carboxylic acids is 1. The van der Waals surface area contributed by atoms with E-state index in [0.29, 0.717) is 18.0 Å². The van der Waals surface area contributed by atoms with E-state index in [1.54, 1.807) is 6.07 Å². The Morgan fingerprint density at radius 2 is 2.06 bits per heavy atom. The van der Waals surface area contributed by atoms with E-state index in [4.69, 9.17) is 11.5 Å². The van der Waals surface area contributed by atoms with Crippen molar-refractivity contribution >= 4 is 11.6 Å². The van der Waals surface area contributed by atoms with E-state index >= 15 is 0 Å². The lowest BCUT2D eigenvalue weighted by atomic mass is 10.0. The molecule has 0 radical (unpaired) electrons. The molecule has 4 nitrogen and oxygen atoms in total. The maximum absolute atomic E-state index is 11.1. The molecule has 94 valence electrons. The zero-order chi connectivity index (χ0) is 13.0. The Morgan fingerprint density at radius 3 is 2.53 bits per heavy atom. The molecule has 0 fully saturated rings. The van der Waals surface area contributed by atoms with E-state index in [1.165, 1.54) is 0 Å². The molecule has 1 atom stereocenters. The standard InChI is InChI=1S/C13H21N3O/c1-8(2)12(14)7-16-10-4-5-11(13(15)17)9(3)6-10/h4-6,8,12,16H,7,14H2,1-3H3,(H2,15,17). The molecule has 0 bridgehead atoms. The van der Waals surface area contributed by atoms with Crippen molar-refractivity contribution in [3.8, 4) is 0 Å². The first-order valence-corrected chi connectivity index (χ1v) is 5.81. The van der Waals surface area contributed by atoms with Crippen LogP contribution in [0.1, 0.15) is 29.8 Å². The summed E-state index contributed by atoms with van der Waals surface area (Å²) in [4.78, 5) is 11.1. The van der Waals surface area contributed by atoms with Crippen LogP contribution in [0.5, 0.6) is 0 Å². The van der Waals surface area contributed by atoms with Crippen LogP contribution in [-0.4, -0.2) is 18.5 Å². The van der Waals surface area contributed by atoms with Gasteiger partial charge >= 0.3 is 0 Å². The number of amides is 1. The second-order valence-corrected chi connectivity index (χ2v) is 4.68. The van der Waals surface area contributed by atoms with Gasteiger partial charge in [-0.15, -0.1) is 0 Å². The Kier molecular flexibility index (Phi) is 4.52. The van der Waals surface area contributed by atoms with Crippen molar-refractivity contribution in [3.63, 3.8) is 0 Å². The molecule has 1 rings (SSSR count). The fourth-order valence-corrected chi connectivity index (χ4v) is 1.52. The van der Waals surface area contributed by atoms with Gasteiger partial charge in [-0.3, -0.25) is 4.79 Å². The number of aryl methyl sites for hydroxylation is 1. The van der Waals surface area contributed by atoms with Gasteiger partial charge in [-0.25, -0.2) is 0 Å². The summed E-state index contributed by atoms with van der Waals surface area (Å²) < 4.78 is 0. The Bertz CT molecular complexity index is 402. The number of hydrogen-bond acceptors (Lipinski definition) is 3. The van der Waals surface area contributed by atoms with Gasteiger partial charge in [-0.05, 0) is 36.6 Å². The third kappa shape index (κ3) is 3.75. The van der Waals surface area contributed by atoms with Crippen LogP contribution in [0.4, 0.5) is 5.69 Å². The Hall–Kier alpha value is -1.55. The van der Waals surface area contributed by atoms with Crippen LogP contribution in [-0.2, 0) is 0 Å². The molecule has 1 unspecified atom stereocenters. The number of nitrogens with two attached hydrogens (primary N) is 2. The zero-order valence-corrected chi connectivity index (χ0v) is 10.7. The Balaban J connectivity index is 2.68. The zero-order valence-electron chi connectivity index (χ0n) is 10.7. The molecule has 1 amide bonds. The average molecular weight is 235 g/mol. The Labute approximate surface area is 102 Å². The van der Waals surface area contributed by atoms with Crippen molar-refractivity contribution in [2.75, 3.05) is 11.9 Å². The summed E-state index contributed by atoms with van der Waals surface area (Å²) in [6.45, 7) is 6.77. The number of rotatable bonds is 5. The predicted molar refractivity (Wildman–Crippen MR) is 71.0 cm³/mol. The first kappa shape index (κ1) is 13.5. The van der Waals surface area contributed by atoms with Crippen LogP contribution in [0.3, 0.4) is 0 Å². The number of carbonyl (C=O) groups is 1. The predicted octanol–water partition coefficient (Wildman–Crippen LogP) is 1.49. The van der Waals surface area contributed by atoms with Crippen LogP contribution in [0.15, 0.2) is 18.2 Å². The summed E-state index contributed by atoms with van der Waals surface area (Å²) >= 11 is 0. The molecule has 0 aliphatic carbocycles. The highest BCUT2D eigenvalue weighted by Gasteiger charge is 2.08. The molecule has 1 aromatic carbocycles. The highest BCUT2D eigenvalue weighted by Crippen LogP contribution is 2.15. The summed E-state index contributed by atoms with van der Waals surface area (Å²) in [6.07, 6.45) is 0. The van der Waals surface area contributed by atoms with Gasteiger partial charge in [0.25, 0.3) is 0 Å². The van der Waals surface area contributed by atoms with Crippen LogP contribution in [0, 0.1) is 12.8 Å². The fourth-order valence-electron chi connectivity index (χ4n) is 1.52. The second-order valence-electron chi connectivity index (χ2n) is 4.68. The molecule has 0 saturated carbocycles. The van der Waals surface area contributed by atoms with Gasteiger partial charge in [0.1, 0.15) is 0 Å². The Morgan fingerprint density at radius 1 is 1.41 bits per heavy atom. The normalized spacial score (nSPS) is 12.5. The molecule has 17 heavy (non-hydrogen) atoms. The van der Waals surface area contributed by atoms with E-state index in [9.17, 15) is 4.79 Å². The van der Waals surface area contributed by atoms with Crippen molar-refractivity contribution in [3.05, 3.63) is 29.3 Å². The van der Waals surface area contributed by atoms with E-state index in [2.05, 4.69) is 19.2 Å². The van der Waals surface area contributed by atoms with Gasteiger partial charge in [-0.1, -0.05) is 13.8 Å². The SMILES string of the molecule is Cc1cc(NCC(N)C(C)C)ccc1C(N)=O. The maximum Gasteiger partial charge on any atom is 0.248 e. The first-order valence-electron chi connectivity index (χ1n) is 5.81. The van der Waals surface area contributed by atoms with E-state index < -0.39 is 5.91 Å². The summed E-state index contributed by atoms with van der Waals surface area (Å²) in [5.74, 6) is 0.0430. The lowest BCUT2D eigenvalue weighted by Gasteiger charge is -2.17. The summed E-state index contributed by atoms with van der Waals surface area (Å²) in [5.41, 5.74) is 13.6. The second kappa shape index (κ2) is 5.68. The lowest BCUT2D eigenvalue weighted by molar-refractivity contribution is 0.1000. The van der Waals surface area contributed by atoms with Crippen molar-refractivity contribution < 1.29 is 4.79 Å². The minimum atomic E-state index is -0.395. The smallest absolute Gasteiger partial charge is 0.248 e. The first-order chi connectivity index (χ1) is 7.91. The third-order valence-corrected chi connectivity index (χ3v) is 2.89. The van der Waals surface area contributed by atoms with Gasteiger partial charge < -0.3 is 16.8 Å². The molecule has 0 aliphatic rings. The fraction of sp³-hybridized carbons (Fsp3) is 0.462. The average Bonchev–Trinajstić information content (AvgIpc) is 2.25. The number of anilines is 1. The van der Waals surface area contributed by atoms with Crippen molar-refractivity contribution in [2.24, 2.45) is 17.4 Å². The molecular weight excluding hydrogens is 214 g/mol. The summed E-state index contributed by atoms with van der Waals surface area (Å²) in [6, 6.07) is 5.61. The van der Waals surface area contributed by atoms with Crippen LogP contribution in [0.2, 0.25) is 0 Å². The third-order valence-electron chi connectivity index (χ3n) is 2.89. The van der Waals surface area contributed by atoms with Gasteiger partial charge in [0.2, 0.25) is 5.91 Å². The monoisotopic (exact) mass is 235 g/mol. The van der Waals surface area contributed by atoms with E-state index in [0.717, 1.165) is 11.3 Å². The quantitative estimate of drug-likeness (QED) is 0.723. The summed E-state index contributed by atoms with van der Waals surface area (Å²) in [7, 11) is 0. The van der Waals surface area contributed by atoms with Crippen LogP contribution < -0.4 is 16.8 Å². The van der Waals surface area contributed by atoms with Gasteiger partial charge in [0, 0.05) is 23.8 Å². The summed E-state index contributed by atoms with van der Waals surface area (Å²) in [5, 5.41) is 3.26. The minimum Gasteiger partial charge on any atom is -0.383 e. The molecule has 0 spiro atoms. The molecular formula is C13H21N3O. The van der Waals surface area contributed by atoms with Gasteiger partial charge in [-0.2, -0.15) is 0 Å². The van der Waals surface area contributed by atoms with Crippen LogP contribution in [0.25, 0.3) is 0 Å². The highest BCUT2D eigenvalue weighted by molar-refractivity contribution is 5.94. The van der Waals surface area contributed by atoms with E-state index in [1.807, 2.05) is 19.1 Å². The molecule has 5 N–H and O–H groups in total. The van der Waals surface area contributed by atoms with Crippen molar-refractivity contribution in [1.29, 1.82) is 0 Å². The molecule has 1 aromatic rings. The van der Waals surface area contributed by atoms with Gasteiger partial charge in [0.05, 0.1) is 0 Å². The molecule has 0 aromatic heterocycles. The maximum atomic E-state index is 11.1. The lowest BCUT2D eigenvalue weighted by Crippen LogP contribution is -2.34. The number of benzene rings is 1. The number of hydrogen-bond donors (Lipinski definition) is 3. The number of nitrogens with one attached hydrogen (secondary N) is 1. The number of primary amides is 1. The molecule has 4 heteroatoms. The topological polar surface area (TPSA) is 81.1 Å². The molecule has 0 saturated heterocycles. The largest absolute Gasteiger partial charge is 0.383 e. The van der Waals surface area contributed by atoms with Crippen molar-refractivity contribution in [2.45, 2.75) is 26.8 Å². The van der Waals surface area contributed by atoms with Crippen LogP contribution >= 0.6 is 0 Å².